The van der Waals surface area contributed by atoms with E-state index in [-0.39, 0.29) is 5.41 Å². The van der Waals surface area contributed by atoms with E-state index >= 15 is 0 Å². The fraction of sp³-hybridized carbons (Fsp3) is 0.667. The van der Waals surface area contributed by atoms with Crippen LogP contribution < -0.4 is 5.32 Å². The molecule has 0 saturated carbocycles. The monoisotopic (exact) mass is 293 g/mol. The summed E-state index contributed by atoms with van der Waals surface area (Å²) in [7, 11) is 0. The van der Waals surface area contributed by atoms with Crippen LogP contribution in [0.25, 0.3) is 0 Å². The number of thioether (sulfide) groups is 1. The van der Waals surface area contributed by atoms with Crippen molar-refractivity contribution in [2.24, 2.45) is 0 Å². The number of hydrogen-bond acceptors (Lipinski definition) is 2. The molecule has 0 amide bonds. The molecule has 1 aromatic carbocycles. The second-order valence-corrected chi connectivity index (χ2v) is 7.56. The van der Waals surface area contributed by atoms with Crippen LogP contribution in [0.15, 0.2) is 24.3 Å². The third kappa shape index (κ3) is 5.88. The molecule has 1 unspecified atom stereocenters. The van der Waals surface area contributed by atoms with Crippen molar-refractivity contribution >= 4 is 11.8 Å². The third-order valence-electron chi connectivity index (χ3n) is 3.56. The fourth-order valence-electron chi connectivity index (χ4n) is 2.18. The Hall–Kier alpha value is -0.470. The van der Waals surface area contributed by atoms with Crippen LogP contribution in [0.4, 0.5) is 0 Å². The van der Waals surface area contributed by atoms with Gasteiger partial charge in [-0.25, -0.2) is 0 Å². The lowest BCUT2D eigenvalue weighted by Gasteiger charge is -2.22. The highest BCUT2D eigenvalue weighted by Crippen LogP contribution is 2.25. The molecule has 114 valence electrons. The standard InChI is InChI=1S/C18H31NS/c1-6-8-13-20-14-17(19-7-2)15-9-11-16(12-10-15)18(3,4)5/h9-12,17,19H,6-8,13-14H2,1-5H3. The van der Waals surface area contributed by atoms with Gasteiger partial charge >= 0.3 is 0 Å². The van der Waals surface area contributed by atoms with Gasteiger partial charge in [-0.15, -0.1) is 0 Å². The van der Waals surface area contributed by atoms with Crippen LogP contribution in [-0.2, 0) is 5.41 Å². The Kier molecular flexibility index (Phi) is 7.68. The van der Waals surface area contributed by atoms with Gasteiger partial charge in [0, 0.05) is 11.8 Å². The average molecular weight is 294 g/mol. The van der Waals surface area contributed by atoms with Crippen molar-refractivity contribution < 1.29 is 0 Å². The van der Waals surface area contributed by atoms with Crippen LogP contribution in [-0.4, -0.2) is 18.1 Å². The summed E-state index contributed by atoms with van der Waals surface area (Å²) in [6.45, 7) is 12.3. The highest BCUT2D eigenvalue weighted by molar-refractivity contribution is 7.99. The van der Waals surface area contributed by atoms with E-state index in [2.05, 4.69) is 76.0 Å². The van der Waals surface area contributed by atoms with Crippen molar-refractivity contribution in [3.8, 4) is 0 Å². The molecule has 0 spiro atoms. The van der Waals surface area contributed by atoms with Crippen molar-refractivity contribution in [2.45, 2.75) is 58.9 Å². The molecular weight excluding hydrogens is 262 g/mol. The van der Waals surface area contributed by atoms with Crippen LogP contribution >= 0.6 is 11.8 Å². The minimum Gasteiger partial charge on any atom is -0.310 e. The van der Waals surface area contributed by atoms with Crippen LogP contribution in [0.2, 0.25) is 0 Å². The lowest BCUT2D eigenvalue weighted by Crippen LogP contribution is -2.23. The van der Waals surface area contributed by atoms with E-state index in [1.165, 1.54) is 35.5 Å². The summed E-state index contributed by atoms with van der Waals surface area (Å²) >= 11 is 2.07. The van der Waals surface area contributed by atoms with E-state index in [0.717, 1.165) is 6.54 Å². The number of hydrogen-bond donors (Lipinski definition) is 1. The molecule has 0 aromatic heterocycles. The van der Waals surface area contributed by atoms with Gasteiger partial charge < -0.3 is 5.32 Å². The molecule has 1 nitrogen and oxygen atoms in total. The molecule has 1 aromatic rings. The zero-order valence-electron chi connectivity index (χ0n) is 13.8. The maximum atomic E-state index is 3.61. The molecule has 0 radical (unpaired) electrons. The van der Waals surface area contributed by atoms with Crippen molar-refractivity contribution in [3.05, 3.63) is 35.4 Å². The molecule has 0 aliphatic rings. The summed E-state index contributed by atoms with van der Waals surface area (Å²) in [5.74, 6) is 2.45. The molecule has 0 fully saturated rings. The summed E-state index contributed by atoms with van der Waals surface area (Å²) in [5, 5.41) is 3.61. The fourth-order valence-corrected chi connectivity index (χ4v) is 3.39. The second-order valence-electron chi connectivity index (χ2n) is 6.41. The third-order valence-corrected chi connectivity index (χ3v) is 4.70. The molecule has 0 aliphatic heterocycles. The lowest BCUT2D eigenvalue weighted by atomic mass is 9.86. The predicted molar refractivity (Wildman–Crippen MR) is 93.8 cm³/mol. The number of nitrogens with one attached hydrogen (secondary N) is 1. The topological polar surface area (TPSA) is 12.0 Å². The summed E-state index contributed by atoms with van der Waals surface area (Å²) in [5.41, 5.74) is 3.07. The quantitative estimate of drug-likeness (QED) is 0.664. The number of unbranched alkanes of at least 4 members (excludes halogenated alkanes) is 1. The van der Waals surface area contributed by atoms with Crippen LogP contribution in [0, 0.1) is 0 Å². The van der Waals surface area contributed by atoms with Gasteiger partial charge in [-0.1, -0.05) is 65.3 Å². The van der Waals surface area contributed by atoms with E-state index in [1.807, 2.05) is 0 Å². The van der Waals surface area contributed by atoms with E-state index in [4.69, 9.17) is 0 Å². The van der Waals surface area contributed by atoms with Crippen LogP contribution in [0.1, 0.15) is 64.6 Å². The zero-order valence-corrected chi connectivity index (χ0v) is 14.6. The first-order chi connectivity index (χ1) is 9.49. The Morgan fingerprint density at radius 2 is 1.75 bits per heavy atom. The van der Waals surface area contributed by atoms with Crippen LogP contribution in [0.5, 0.6) is 0 Å². The normalized spacial score (nSPS) is 13.4. The number of rotatable bonds is 8. The molecule has 20 heavy (non-hydrogen) atoms. The van der Waals surface area contributed by atoms with E-state index in [1.54, 1.807) is 0 Å². The maximum Gasteiger partial charge on any atom is 0.0411 e. The molecular formula is C18H31NS. The highest BCUT2D eigenvalue weighted by atomic mass is 32.2. The zero-order chi connectivity index (χ0) is 15.0. The van der Waals surface area contributed by atoms with Gasteiger partial charge in [0.15, 0.2) is 0 Å². The predicted octanol–water partition coefficient (Wildman–Crippen LogP) is 5.17. The summed E-state index contributed by atoms with van der Waals surface area (Å²) in [6.07, 6.45) is 2.62. The highest BCUT2D eigenvalue weighted by Gasteiger charge is 2.15. The lowest BCUT2D eigenvalue weighted by molar-refractivity contribution is 0.584. The van der Waals surface area contributed by atoms with Crippen molar-refractivity contribution in [1.82, 2.24) is 5.32 Å². The molecule has 0 saturated heterocycles. The van der Waals surface area contributed by atoms with Crippen molar-refractivity contribution in [3.63, 3.8) is 0 Å². The Labute approximate surface area is 129 Å². The summed E-state index contributed by atoms with van der Waals surface area (Å²) in [4.78, 5) is 0. The van der Waals surface area contributed by atoms with Gasteiger partial charge in [0.2, 0.25) is 0 Å². The van der Waals surface area contributed by atoms with Gasteiger partial charge in [0.25, 0.3) is 0 Å². The average Bonchev–Trinajstić information content (AvgIpc) is 2.41. The molecule has 2 heteroatoms. The van der Waals surface area contributed by atoms with Gasteiger partial charge in [0.1, 0.15) is 0 Å². The Balaban J connectivity index is 2.66. The first-order valence-electron chi connectivity index (χ1n) is 7.90. The first-order valence-corrected chi connectivity index (χ1v) is 9.06. The largest absolute Gasteiger partial charge is 0.310 e. The van der Waals surface area contributed by atoms with Crippen LogP contribution in [0.3, 0.4) is 0 Å². The Morgan fingerprint density at radius 3 is 2.25 bits per heavy atom. The van der Waals surface area contributed by atoms with Gasteiger partial charge in [-0.3, -0.25) is 0 Å². The van der Waals surface area contributed by atoms with Crippen molar-refractivity contribution in [1.29, 1.82) is 0 Å². The molecule has 1 rings (SSSR count). The minimum absolute atomic E-state index is 0.238. The van der Waals surface area contributed by atoms with E-state index in [9.17, 15) is 0 Å². The summed E-state index contributed by atoms with van der Waals surface area (Å²) < 4.78 is 0. The smallest absolute Gasteiger partial charge is 0.0411 e. The minimum atomic E-state index is 0.238. The van der Waals surface area contributed by atoms with Gasteiger partial charge in [-0.2, -0.15) is 11.8 Å². The Morgan fingerprint density at radius 1 is 1.10 bits per heavy atom. The molecule has 1 atom stereocenters. The molecule has 0 bridgehead atoms. The Bertz CT molecular complexity index is 364. The molecule has 1 N–H and O–H groups in total. The summed E-state index contributed by atoms with van der Waals surface area (Å²) in [6, 6.07) is 9.66. The van der Waals surface area contributed by atoms with E-state index in [0.29, 0.717) is 6.04 Å². The molecule has 0 heterocycles. The maximum absolute atomic E-state index is 3.61. The first kappa shape index (κ1) is 17.6. The second kappa shape index (κ2) is 8.74. The number of benzene rings is 1. The van der Waals surface area contributed by atoms with Gasteiger partial charge in [-0.05, 0) is 35.3 Å². The van der Waals surface area contributed by atoms with E-state index < -0.39 is 0 Å². The molecule has 0 aliphatic carbocycles. The van der Waals surface area contributed by atoms with Gasteiger partial charge in [0.05, 0.1) is 0 Å². The SMILES string of the molecule is CCCCSCC(NCC)c1ccc(C(C)(C)C)cc1. The van der Waals surface area contributed by atoms with Crippen molar-refractivity contribution in [2.75, 3.05) is 18.1 Å².